The van der Waals surface area contributed by atoms with Gasteiger partial charge in [0.05, 0.1) is 6.61 Å². The molecular weight excluding hydrogens is 732 g/mol. The lowest BCUT2D eigenvalue weighted by atomic mass is 9.95. The van der Waals surface area contributed by atoms with Crippen LogP contribution in [0, 0.1) is 17.8 Å². The lowest BCUT2D eigenvalue weighted by molar-refractivity contribution is -0.224. The second-order valence-corrected chi connectivity index (χ2v) is 15.2. The van der Waals surface area contributed by atoms with Gasteiger partial charge in [0.15, 0.2) is 26.4 Å². The van der Waals surface area contributed by atoms with Gasteiger partial charge in [-0.15, -0.1) is 0 Å². The predicted octanol–water partition coefficient (Wildman–Crippen LogP) is 8.96. The van der Waals surface area contributed by atoms with Crippen LogP contribution in [0.15, 0.2) is 16.7 Å². The van der Waals surface area contributed by atoms with Gasteiger partial charge in [-0.05, 0) is 35.2 Å². The van der Waals surface area contributed by atoms with Crippen molar-refractivity contribution in [3.63, 3.8) is 0 Å². The maximum Gasteiger partial charge on any atom is 0.413 e. The molecule has 0 saturated heterocycles. The van der Waals surface area contributed by atoms with Crippen molar-refractivity contribution >= 4 is 24.6 Å². The maximum atomic E-state index is 13.3. The largest absolute Gasteiger partial charge is 0.413 e. The average Bonchev–Trinajstić information content (AvgIpc) is 3.48. The summed E-state index contributed by atoms with van der Waals surface area (Å²) in [6.45, 7) is -13.1. The third-order valence-electron chi connectivity index (χ3n) is 5.49. The molecule has 0 radical (unpaired) electrons. The van der Waals surface area contributed by atoms with Crippen molar-refractivity contribution in [1.29, 1.82) is 0 Å². The minimum absolute atomic E-state index is 0.0411. The lowest BCUT2D eigenvalue weighted by Crippen LogP contribution is -2.37. The second-order valence-electron chi connectivity index (χ2n) is 9.37. The highest BCUT2D eigenvalue weighted by atomic mass is 31.3. The Morgan fingerprint density at radius 2 is 1.18 bits per heavy atom. The van der Waals surface area contributed by atoms with Gasteiger partial charge in [0, 0.05) is 0 Å². The smallest absolute Gasteiger partial charge is 0.318 e. The number of allylic oxidation sites excluding steroid dienone is 2. The van der Waals surface area contributed by atoms with Crippen molar-refractivity contribution < 1.29 is 93.6 Å². The van der Waals surface area contributed by atoms with E-state index >= 15 is 0 Å². The van der Waals surface area contributed by atoms with Crippen LogP contribution in [0.5, 0.6) is 0 Å². The predicted molar refractivity (Wildman–Crippen MR) is 122 cm³/mol. The van der Waals surface area contributed by atoms with Gasteiger partial charge in [-0.3, -0.25) is 9.68 Å². The molecule has 1 aliphatic heterocycles. The highest BCUT2D eigenvalue weighted by molar-refractivity contribution is 7.78. The fourth-order valence-corrected chi connectivity index (χ4v) is 11.8. The van der Waals surface area contributed by atoms with E-state index in [0.717, 1.165) is 0 Å². The van der Waals surface area contributed by atoms with Crippen LogP contribution < -0.4 is 0 Å². The number of alkyl halides is 15. The maximum absolute atomic E-state index is 13.3. The average molecular weight is 753 g/mol. The Bertz CT molecular complexity index is 1070. The summed E-state index contributed by atoms with van der Waals surface area (Å²) in [5.74, 6) is -0.916. The Kier molecular flexibility index (Phi) is 12.6. The third kappa shape index (κ3) is 12.8. The van der Waals surface area contributed by atoms with E-state index in [-0.39, 0.29) is 11.8 Å². The van der Waals surface area contributed by atoms with E-state index in [4.69, 9.17) is 4.52 Å². The summed E-state index contributed by atoms with van der Waals surface area (Å²) in [5, 5.41) is 0. The zero-order valence-electron chi connectivity index (χ0n) is 21.8. The molecular formula is C18H21F15N3O6P3. The molecule has 9 nitrogen and oxygen atoms in total. The molecule has 0 aromatic rings. The van der Waals surface area contributed by atoms with Crippen LogP contribution in [0.3, 0.4) is 0 Å². The number of hydrogen-bond donors (Lipinski definition) is 0. The summed E-state index contributed by atoms with van der Waals surface area (Å²) in [6, 6.07) is 0. The van der Waals surface area contributed by atoms with E-state index in [9.17, 15) is 65.9 Å². The quantitative estimate of drug-likeness (QED) is 0.105. The molecule has 0 N–H and O–H groups in total. The van der Waals surface area contributed by atoms with Crippen molar-refractivity contribution in [3.8, 4) is 0 Å². The highest BCUT2D eigenvalue weighted by Crippen LogP contribution is 2.80. The van der Waals surface area contributed by atoms with Crippen molar-refractivity contribution in [2.45, 2.75) is 43.7 Å². The number of halogens is 15. The fraction of sp³-hybridized carbons (Fsp3) is 0.889. The lowest BCUT2D eigenvalue weighted by Gasteiger charge is -2.45. The molecule has 45 heavy (non-hydrogen) atoms. The van der Waals surface area contributed by atoms with Crippen molar-refractivity contribution in [2.75, 3.05) is 39.6 Å². The van der Waals surface area contributed by atoms with E-state index in [0.29, 0.717) is 12.8 Å². The first-order valence-corrected chi connectivity index (χ1v) is 15.9. The zero-order valence-corrected chi connectivity index (χ0v) is 24.5. The van der Waals surface area contributed by atoms with Crippen LogP contribution in [0.2, 0.25) is 0 Å². The Labute approximate surface area is 245 Å². The van der Waals surface area contributed by atoms with Crippen LogP contribution in [0.1, 0.15) is 12.8 Å². The van der Waals surface area contributed by atoms with Crippen LogP contribution in [0.25, 0.3) is 0 Å². The van der Waals surface area contributed by atoms with Crippen molar-refractivity contribution in [1.82, 2.24) is 9.21 Å². The van der Waals surface area contributed by atoms with Crippen LogP contribution in [0.4, 0.5) is 65.9 Å². The third-order valence-corrected chi connectivity index (χ3v) is 12.5. The molecule has 2 aliphatic carbocycles. The minimum Gasteiger partial charge on any atom is -0.318 e. The van der Waals surface area contributed by atoms with Crippen molar-refractivity contribution in [2.24, 2.45) is 22.3 Å². The minimum atomic E-state index is -5.47. The number of fused-ring (bicyclic) bond motifs is 2. The number of nitrogens with zero attached hydrogens (tertiary/aromatic N) is 3. The monoisotopic (exact) mass is 753 g/mol. The molecule has 3 aliphatic rings. The molecule has 0 spiro atoms. The molecule has 1 heterocycles. The molecule has 0 amide bonds. The van der Waals surface area contributed by atoms with Gasteiger partial charge in [-0.1, -0.05) is 16.8 Å². The van der Waals surface area contributed by atoms with E-state index in [1.165, 1.54) is 0 Å². The van der Waals surface area contributed by atoms with Gasteiger partial charge < -0.3 is 18.1 Å². The molecule has 5 unspecified atom stereocenters. The van der Waals surface area contributed by atoms with Crippen LogP contribution in [-0.2, 0) is 27.8 Å². The first-order chi connectivity index (χ1) is 20.3. The van der Waals surface area contributed by atoms with Gasteiger partial charge in [0.2, 0.25) is 0 Å². The Morgan fingerprint density at radius 3 is 1.67 bits per heavy atom. The SMILES string of the molecule is FC(F)(F)CON1P(OCC(F)(F)F)N=P(OCC2C[C@@H]3C=CC2C3)(OCC(F)(F)F)N(OCC(F)(F)F)P1OCC(F)(F)F. The van der Waals surface area contributed by atoms with E-state index in [2.05, 4.69) is 27.8 Å². The van der Waals surface area contributed by atoms with Gasteiger partial charge in [0.1, 0.15) is 6.61 Å². The summed E-state index contributed by atoms with van der Waals surface area (Å²) in [6.07, 6.45) is -22.5. The molecule has 1 saturated carbocycles. The second kappa shape index (κ2) is 14.5. The molecule has 0 aromatic heterocycles. The molecule has 1 fully saturated rings. The Morgan fingerprint density at radius 1 is 0.644 bits per heavy atom. The van der Waals surface area contributed by atoms with E-state index in [1.807, 2.05) is 0 Å². The summed E-state index contributed by atoms with van der Waals surface area (Å²) in [7, 11) is -13.5. The molecule has 27 heteroatoms. The summed E-state index contributed by atoms with van der Waals surface area (Å²) in [5.41, 5.74) is 0. The summed E-state index contributed by atoms with van der Waals surface area (Å²) in [4.78, 5) is 8.72. The van der Waals surface area contributed by atoms with E-state index in [1.54, 1.807) is 12.2 Å². The van der Waals surface area contributed by atoms with Crippen molar-refractivity contribution in [3.05, 3.63) is 12.2 Å². The standard InChI is InChI=1S/C18H21F15N3O6P3/c19-14(20,21)6-37-35-43(39-8-16(25,26)27)34-45(42-10-18(31,32)33,41-5-13-4-11-1-2-12(13)3-11)36(38-7-15(22,23)24)44(35)40-9-17(28,29)30/h1-2,11-13H,3-10H2/t11-,12?,13?,43?,44?,45?/m1/s1. The van der Waals surface area contributed by atoms with E-state index < -0.39 is 110 Å². The van der Waals surface area contributed by atoms with Gasteiger partial charge >= 0.3 is 38.5 Å². The normalized spacial score (nSPS) is 30.3. The topological polar surface area (TPSA) is 74.2 Å². The first kappa shape index (κ1) is 38.9. The molecule has 0 aromatic carbocycles. The first-order valence-electron chi connectivity index (χ1n) is 12.0. The number of hydrogen-bond acceptors (Lipinski definition) is 9. The van der Waals surface area contributed by atoms with Gasteiger partial charge in [0.25, 0.3) is 16.9 Å². The van der Waals surface area contributed by atoms with Gasteiger partial charge in [-0.25, -0.2) is 0 Å². The molecule has 264 valence electrons. The number of rotatable bonds is 13. The Hall–Kier alpha value is -0.540. The van der Waals surface area contributed by atoms with Crippen LogP contribution in [-0.4, -0.2) is 79.7 Å². The van der Waals surface area contributed by atoms with Gasteiger partial charge in [-0.2, -0.15) is 70.4 Å². The molecule has 3 rings (SSSR count). The highest BCUT2D eigenvalue weighted by Gasteiger charge is 2.56. The Balaban J connectivity index is 2.18. The molecule has 6 atom stereocenters. The zero-order chi connectivity index (χ0) is 34.1. The fourth-order valence-electron chi connectivity index (χ4n) is 3.94. The summed E-state index contributed by atoms with van der Waals surface area (Å²) < 4.78 is 219. The molecule has 2 bridgehead atoms. The van der Waals surface area contributed by atoms with Crippen LogP contribution >= 0.6 is 24.6 Å². The summed E-state index contributed by atoms with van der Waals surface area (Å²) >= 11 is 0.